The number of aromatic hydroxyl groups is 1. The first-order valence-electron chi connectivity index (χ1n) is 8.32. The number of nitrogens with one attached hydrogen (secondary N) is 2. The van der Waals surface area contributed by atoms with Crippen LogP contribution in [0.1, 0.15) is 24.5 Å². The average Bonchev–Trinajstić information content (AvgIpc) is 3.14. The molecule has 10 heteroatoms. The van der Waals surface area contributed by atoms with E-state index in [1.807, 2.05) is 0 Å². The Morgan fingerprint density at radius 1 is 1.29 bits per heavy atom. The van der Waals surface area contributed by atoms with E-state index in [2.05, 4.69) is 22.5 Å². The van der Waals surface area contributed by atoms with Gasteiger partial charge in [0.2, 0.25) is 5.56 Å². The van der Waals surface area contributed by atoms with Crippen molar-refractivity contribution in [3.8, 4) is 5.75 Å². The lowest BCUT2D eigenvalue weighted by molar-refractivity contribution is -0.192. The third-order valence-corrected chi connectivity index (χ3v) is 4.09. The van der Waals surface area contributed by atoms with Crippen LogP contribution in [0.4, 0.5) is 13.2 Å². The number of benzene rings is 1. The first-order chi connectivity index (χ1) is 13.1. The molecule has 3 rings (SSSR count). The number of carboxylic acid groups (broad SMARTS) is 1. The molecule has 152 valence electrons. The zero-order valence-corrected chi connectivity index (χ0v) is 14.5. The summed E-state index contributed by atoms with van der Waals surface area (Å²) in [7, 11) is 0. The number of hydrogen-bond acceptors (Lipinski definition) is 5. The van der Waals surface area contributed by atoms with Crippen molar-refractivity contribution in [1.29, 1.82) is 0 Å². The molecule has 28 heavy (non-hydrogen) atoms. The third-order valence-electron chi connectivity index (χ3n) is 4.09. The molecule has 0 saturated carbocycles. The maximum Gasteiger partial charge on any atom is 0.490 e. The van der Waals surface area contributed by atoms with Gasteiger partial charge in [-0.25, -0.2) is 4.79 Å². The summed E-state index contributed by atoms with van der Waals surface area (Å²) in [4.78, 5) is 22.9. The Morgan fingerprint density at radius 3 is 2.54 bits per heavy atom. The molecule has 0 bridgehead atoms. The van der Waals surface area contributed by atoms with Gasteiger partial charge in [0.1, 0.15) is 5.75 Å². The van der Waals surface area contributed by atoms with Crippen molar-refractivity contribution in [2.75, 3.05) is 6.54 Å². The molecule has 2 aromatic rings. The van der Waals surface area contributed by atoms with E-state index in [1.165, 1.54) is 12.1 Å². The van der Waals surface area contributed by atoms with Gasteiger partial charge in [0, 0.05) is 24.0 Å². The van der Waals surface area contributed by atoms with Crippen molar-refractivity contribution < 1.29 is 33.3 Å². The topological polar surface area (TPSA) is 123 Å². The van der Waals surface area contributed by atoms with Crippen LogP contribution in [0.15, 0.2) is 41.2 Å². The number of H-pyrrole nitrogens is 1. The number of aromatic nitrogens is 1. The van der Waals surface area contributed by atoms with Crippen molar-refractivity contribution in [2.45, 2.75) is 31.2 Å². The van der Waals surface area contributed by atoms with Gasteiger partial charge in [-0.1, -0.05) is 18.2 Å². The molecular weight excluding hydrogens is 381 g/mol. The van der Waals surface area contributed by atoms with Gasteiger partial charge < -0.3 is 25.6 Å². The van der Waals surface area contributed by atoms with E-state index in [1.54, 1.807) is 12.1 Å². The average molecular weight is 400 g/mol. The third kappa shape index (κ3) is 5.57. The SMILES string of the molecule is O=C(O)C(F)(F)F.O=c1ccc2c([C@@H](O)CN[C@@H]3C=CCC3)ccc(O)c2[nH]1. The maximum absolute atomic E-state index is 11.4. The number of phenolic OH excluding ortho intramolecular Hbond substituents is 1. The number of carboxylic acids is 1. The molecule has 0 fully saturated rings. The van der Waals surface area contributed by atoms with Crippen LogP contribution in [-0.4, -0.2) is 45.0 Å². The number of aliphatic carboxylic acids is 1. The van der Waals surface area contributed by atoms with Crippen LogP contribution in [0, 0.1) is 0 Å². The minimum Gasteiger partial charge on any atom is -0.506 e. The molecule has 0 saturated heterocycles. The highest BCUT2D eigenvalue weighted by atomic mass is 19.4. The zero-order chi connectivity index (χ0) is 20.9. The Hall–Kier alpha value is -2.85. The number of alkyl halides is 3. The van der Waals surface area contributed by atoms with Crippen molar-refractivity contribution in [2.24, 2.45) is 0 Å². The summed E-state index contributed by atoms with van der Waals surface area (Å²) in [6.07, 6.45) is 0.574. The van der Waals surface area contributed by atoms with Gasteiger partial charge in [-0.3, -0.25) is 4.79 Å². The van der Waals surface area contributed by atoms with E-state index in [0.717, 1.165) is 12.8 Å². The first kappa shape index (κ1) is 21.5. The Kier molecular flexibility index (Phi) is 6.81. The van der Waals surface area contributed by atoms with Crippen LogP contribution in [-0.2, 0) is 4.79 Å². The number of aliphatic hydroxyl groups is 1. The van der Waals surface area contributed by atoms with Gasteiger partial charge in [0.25, 0.3) is 0 Å². The van der Waals surface area contributed by atoms with Gasteiger partial charge in [-0.15, -0.1) is 0 Å². The molecular formula is C18H19F3N2O5. The molecule has 7 nitrogen and oxygen atoms in total. The second-order valence-corrected chi connectivity index (χ2v) is 6.12. The number of halogens is 3. The normalized spacial score (nSPS) is 17.2. The first-order valence-corrected chi connectivity index (χ1v) is 8.32. The van der Waals surface area contributed by atoms with E-state index >= 15 is 0 Å². The van der Waals surface area contributed by atoms with Crippen molar-refractivity contribution in [1.82, 2.24) is 10.3 Å². The lowest BCUT2D eigenvalue weighted by Gasteiger charge is -2.17. The molecule has 1 aromatic carbocycles. The predicted molar refractivity (Wildman–Crippen MR) is 95.0 cm³/mol. The Balaban J connectivity index is 0.000000345. The monoisotopic (exact) mass is 400 g/mol. The number of phenols is 1. The summed E-state index contributed by atoms with van der Waals surface area (Å²) in [5.74, 6) is -2.75. The summed E-state index contributed by atoms with van der Waals surface area (Å²) in [5, 5.41) is 31.3. The van der Waals surface area contributed by atoms with Crippen LogP contribution >= 0.6 is 0 Å². The molecule has 0 spiro atoms. The second-order valence-electron chi connectivity index (χ2n) is 6.12. The van der Waals surface area contributed by atoms with E-state index in [4.69, 9.17) is 9.90 Å². The van der Waals surface area contributed by atoms with Gasteiger partial charge >= 0.3 is 12.1 Å². The quantitative estimate of drug-likeness (QED) is 0.502. The number of allylic oxidation sites excluding steroid dienone is 1. The van der Waals surface area contributed by atoms with Gasteiger partial charge in [-0.05, 0) is 30.5 Å². The Bertz CT molecular complexity index is 924. The molecule has 1 aliphatic rings. The van der Waals surface area contributed by atoms with Crippen LogP contribution in [0.25, 0.3) is 10.9 Å². The lowest BCUT2D eigenvalue weighted by Crippen LogP contribution is -2.29. The van der Waals surface area contributed by atoms with E-state index in [-0.39, 0.29) is 11.3 Å². The molecule has 1 aromatic heterocycles. The molecule has 1 aliphatic carbocycles. The summed E-state index contributed by atoms with van der Waals surface area (Å²) >= 11 is 0. The van der Waals surface area contributed by atoms with Crippen LogP contribution < -0.4 is 10.9 Å². The fraction of sp³-hybridized carbons (Fsp3) is 0.333. The number of pyridine rings is 1. The van der Waals surface area contributed by atoms with Crippen molar-refractivity contribution in [3.05, 3.63) is 52.3 Å². The van der Waals surface area contributed by atoms with E-state index < -0.39 is 18.2 Å². The minimum atomic E-state index is -5.08. The van der Waals surface area contributed by atoms with Crippen LogP contribution in [0.3, 0.4) is 0 Å². The highest BCUT2D eigenvalue weighted by molar-refractivity contribution is 5.87. The van der Waals surface area contributed by atoms with Crippen LogP contribution in [0.2, 0.25) is 0 Å². The molecule has 1 heterocycles. The number of fused-ring (bicyclic) bond motifs is 1. The number of carbonyl (C=O) groups is 1. The second kappa shape index (κ2) is 8.89. The molecule has 0 amide bonds. The fourth-order valence-corrected chi connectivity index (χ4v) is 2.73. The molecule has 0 radical (unpaired) electrons. The molecule has 5 N–H and O–H groups in total. The Morgan fingerprint density at radius 2 is 1.96 bits per heavy atom. The molecule has 0 aliphatic heterocycles. The summed E-state index contributed by atoms with van der Waals surface area (Å²) in [6.45, 7) is 0.425. The standard InChI is InChI=1S/C16H18N2O3.C2HF3O2/c19-13-7-5-11(12-6-8-15(21)18-16(12)13)14(20)9-17-10-3-1-2-4-10;3-2(4,5)1(6)7/h1,3,5-8,10,14,17,19-20H,2,4,9H2,(H,18,21);(H,6,7)/t10-,14+;/m1./s1. The lowest BCUT2D eigenvalue weighted by atomic mass is 10.0. The summed E-state index contributed by atoms with van der Waals surface area (Å²) in [6, 6.07) is 6.51. The molecule has 2 atom stereocenters. The minimum absolute atomic E-state index is 0.00494. The van der Waals surface area contributed by atoms with E-state index in [0.29, 0.717) is 29.1 Å². The van der Waals surface area contributed by atoms with Crippen LogP contribution in [0.5, 0.6) is 5.75 Å². The fourth-order valence-electron chi connectivity index (χ4n) is 2.73. The van der Waals surface area contributed by atoms with Gasteiger partial charge in [0.05, 0.1) is 11.6 Å². The Labute approximate surface area is 157 Å². The summed E-state index contributed by atoms with van der Waals surface area (Å²) in [5.41, 5.74) is 0.770. The number of aromatic amines is 1. The zero-order valence-electron chi connectivity index (χ0n) is 14.5. The molecule has 0 unspecified atom stereocenters. The summed E-state index contributed by atoms with van der Waals surface area (Å²) < 4.78 is 31.7. The number of aliphatic hydroxyl groups excluding tert-OH is 1. The van der Waals surface area contributed by atoms with E-state index in [9.17, 15) is 28.2 Å². The van der Waals surface area contributed by atoms with Crippen molar-refractivity contribution >= 4 is 16.9 Å². The smallest absolute Gasteiger partial charge is 0.490 e. The highest BCUT2D eigenvalue weighted by Gasteiger charge is 2.38. The van der Waals surface area contributed by atoms with Crippen molar-refractivity contribution in [3.63, 3.8) is 0 Å². The highest BCUT2D eigenvalue weighted by Crippen LogP contribution is 2.28. The number of rotatable bonds is 4. The maximum atomic E-state index is 11.4. The predicted octanol–water partition coefficient (Wildman–Crippen LogP) is 2.21. The van der Waals surface area contributed by atoms with Gasteiger partial charge in [0.15, 0.2) is 0 Å². The largest absolute Gasteiger partial charge is 0.506 e. The number of hydrogen-bond donors (Lipinski definition) is 5. The van der Waals surface area contributed by atoms with Gasteiger partial charge in [-0.2, -0.15) is 13.2 Å².